The lowest BCUT2D eigenvalue weighted by atomic mass is 9.67. The summed E-state index contributed by atoms with van der Waals surface area (Å²) in [4.78, 5) is 25.1. The van der Waals surface area contributed by atoms with Crippen molar-refractivity contribution in [3.63, 3.8) is 0 Å². The molecule has 0 unspecified atom stereocenters. The lowest BCUT2D eigenvalue weighted by Crippen LogP contribution is -2.52. The van der Waals surface area contributed by atoms with Crippen LogP contribution in [0.2, 0.25) is 5.02 Å². The third-order valence-corrected chi connectivity index (χ3v) is 5.58. The lowest BCUT2D eigenvalue weighted by molar-refractivity contribution is -0.130. The van der Waals surface area contributed by atoms with Gasteiger partial charge in [0, 0.05) is 12.1 Å². The molecule has 2 atom stereocenters. The first-order valence-electron chi connectivity index (χ1n) is 8.19. The van der Waals surface area contributed by atoms with E-state index in [1.807, 2.05) is 0 Å². The van der Waals surface area contributed by atoms with E-state index in [0.717, 1.165) is 5.56 Å². The number of amides is 2. The number of piperidine rings is 1. The Morgan fingerprint density at radius 1 is 1.19 bits per heavy atom. The van der Waals surface area contributed by atoms with Gasteiger partial charge in [-0.3, -0.25) is 9.59 Å². The molecule has 0 radical (unpaired) electrons. The summed E-state index contributed by atoms with van der Waals surface area (Å²) in [6, 6.07) is 6.01. The zero-order chi connectivity index (χ0) is 18.6. The average Bonchev–Trinajstić information content (AvgIpc) is 2.85. The summed E-state index contributed by atoms with van der Waals surface area (Å²) in [5.41, 5.74) is 0.854. The monoisotopic (exact) mass is 376 g/mol. The predicted octanol–water partition coefficient (Wildman–Crippen LogP) is 3.77. The van der Waals surface area contributed by atoms with Gasteiger partial charge in [0.1, 0.15) is 17.0 Å². The van der Waals surface area contributed by atoms with Gasteiger partial charge < -0.3 is 10.6 Å². The molecule has 2 aromatic rings. The number of nitrogens with one attached hydrogen (secondary N) is 2. The fourth-order valence-corrected chi connectivity index (χ4v) is 4.15. The summed E-state index contributed by atoms with van der Waals surface area (Å²) >= 11 is 5.84. The third-order valence-electron chi connectivity index (χ3n) is 5.29. The van der Waals surface area contributed by atoms with Gasteiger partial charge in [-0.15, -0.1) is 0 Å². The number of rotatable bonds is 1. The molecule has 2 amide bonds. The van der Waals surface area contributed by atoms with Crippen molar-refractivity contribution in [2.24, 2.45) is 0 Å². The molecule has 1 spiro atoms. The first-order chi connectivity index (χ1) is 12.3. The number of hydrogen-bond acceptors (Lipinski definition) is 2. The molecule has 2 aromatic carbocycles. The Kier molecular flexibility index (Phi) is 3.77. The van der Waals surface area contributed by atoms with Gasteiger partial charge in [0.25, 0.3) is 0 Å². The van der Waals surface area contributed by atoms with Gasteiger partial charge in [-0.1, -0.05) is 17.7 Å². The SMILES string of the molecule is Cc1ccc(F)cc1[C@H]1NC(=O)CC[C@]12C(=O)Nc1cc(Cl)c(F)cc12. The summed E-state index contributed by atoms with van der Waals surface area (Å²) in [5, 5.41) is 5.46. The van der Waals surface area contributed by atoms with E-state index in [9.17, 15) is 18.4 Å². The van der Waals surface area contributed by atoms with Crippen molar-refractivity contribution in [1.82, 2.24) is 5.32 Å². The van der Waals surface area contributed by atoms with Crippen LogP contribution >= 0.6 is 11.6 Å². The lowest BCUT2D eigenvalue weighted by Gasteiger charge is -2.41. The van der Waals surface area contributed by atoms with Gasteiger partial charge >= 0.3 is 0 Å². The first kappa shape index (κ1) is 17.0. The van der Waals surface area contributed by atoms with E-state index in [0.29, 0.717) is 16.8 Å². The van der Waals surface area contributed by atoms with Crippen LogP contribution in [0.5, 0.6) is 0 Å². The highest BCUT2D eigenvalue weighted by atomic mass is 35.5. The van der Waals surface area contributed by atoms with Crippen molar-refractivity contribution < 1.29 is 18.4 Å². The molecule has 2 aliphatic rings. The summed E-state index contributed by atoms with van der Waals surface area (Å²) in [7, 11) is 0. The smallest absolute Gasteiger partial charge is 0.237 e. The van der Waals surface area contributed by atoms with Crippen LogP contribution in [-0.2, 0) is 15.0 Å². The Hall–Kier alpha value is -2.47. The Bertz CT molecular complexity index is 963. The van der Waals surface area contributed by atoms with E-state index >= 15 is 0 Å². The molecule has 7 heteroatoms. The zero-order valence-electron chi connectivity index (χ0n) is 13.8. The van der Waals surface area contributed by atoms with Gasteiger partial charge in [-0.05, 0) is 54.3 Å². The number of carbonyl (C=O) groups is 2. The largest absolute Gasteiger partial charge is 0.348 e. The van der Waals surface area contributed by atoms with Crippen molar-refractivity contribution in [1.29, 1.82) is 0 Å². The molecule has 0 bridgehead atoms. The number of carbonyl (C=O) groups excluding carboxylic acids is 2. The van der Waals surface area contributed by atoms with Crippen LogP contribution in [0.4, 0.5) is 14.5 Å². The highest BCUT2D eigenvalue weighted by Gasteiger charge is 2.56. The Morgan fingerprint density at radius 3 is 2.73 bits per heavy atom. The van der Waals surface area contributed by atoms with Crippen LogP contribution in [0.15, 0.2) is 30.3 Å². The molecule has 1 saturated heterocycles. The standard InChI is InChI=1S/C19H15ClF2N2O2/c1-9-2-3-10(21)6-11(9)17-19(5-4-16(25)24-17)12-7-14(22)13(20)8-15(12)23-18(19)26/h2-3,6-8,17H,4-5H2,1H3,(H,23,26)(H,24,25)/t17-,19-/m1/s1. The number of fused-ring (bicyclic) bond motifs is 2. The summed E-state index contributed by atoms with van der Waals surface area (Å²) < 4.78 is 28.1. The van der Waals surface area contributed by atoms with Gasteiger partial charge in [0.2, 0.25) is 11.8 Å². The second-order valence-corrected chi connectivity index (χ2v) is 7.15. The molecule has 26 heavy (non-hydrogen) atoms. The van der Waals surface area contributed by atoms with E-state index in [2.05, 4.69) is 10.6 Å². The molecule has 4 rings (SSSR count). The Labute approximate surface area is 153 Å². The van der Waals surface area contributed by atoms with Crippen LogP contribution in [0.25, 0.3) is 0 Å². The van der Waals surface area contributed by atoms with Crippen molar-refractivity contribution in [2.75, 3.05) is 5.32 Å². The zero-order valence-corrected chi connectivity index (χ0v) is 14.6. The molecule has 0 aliphatic carbocycles. The van der Waals surface area contributed by atoms with Gasteiger partial charge in [0.05, 0.1) is 11.1 Å². The Balaban J connectivity index is 1.96. The van der Waals surface area contributed by atoms with Gasteiger partial charge in [0.15, 0.2) is 0 Å². The van der Waals surface area contributed by atoms with E-state index < -0.39 is 23.1 Å². The molecular formula is C19H15ClF2N2O2. The second-order valence-electron chi connectivity index (χ2n) is 6.74. The van der Waals surface area contributed by atoms with Crippen molar-refractivity contribution in [2.45, 2.75) is 31.2 Å². The number of benzene rings is 2. The van der Waals surface area contributed by atoms with E-state index in [1.165, 1.54) is 24.3 Å². The highest BCUT2D eigenvalue weighted by molar-refractivity contribution is 6.31. The van der Waals surface area contributed by atoms with Crippen LogP contribution in [0.3, 0.4) is 0 Å². The van der Waals surface area contributed by atoms with E-state index in [-0.39, 0.29) is 29.7 Å². The van der Waals surface area contributed by atoms with Gasteiger partial charge in [-0.2, -0.15) is 0 Å². The molecule has 134 valence electrons. The summed E-state index contributed by atoms with van der Waals surface area (Å²) in [5.74, 6) is -1.71. The van der Waals surface area contributed by atoms with E-state index in [4.69, 9.17) is 11.6 Å². The molecule has 2 aliphatic heterocycles. The molecule has 2 N–H and O–H groups in total. The van der Waals surface area contributed by atoms with E-state index in [1.54, 1.807) is 13.0 Å². The molecular weight excluding hydrogens is 362 g/mol. The predicted molar refractivity (Wildman–Crippen MR) is 93.0 cm³/mol. The average molecular weight is 377 g/mol. The quantitative estimate of drug-likeness (QED) is 0.796. The minimum absolute atomic E-state index is 0.0977. The number of hydrogen-bond donors (Lipinski definition) is 2. The topological polar surface area (TPSA) is 58.2 Å². The number of anilines is 1. The highest BCUT2D eigenvalue weighted by Crippen LogP contribution is 2.52. The van der Waals surface area contributed by atoms with Crippen LogP contribution in [0.1, 0.15) is 35.6 Å². The molecule has 2 heterocycles. The first-order valence-corrected chi connectivity index (χ1v) is 8.57. The van der Waals surface area contributed by atoms with Crippen molar-refractivity contribution >= 4 is 29.1 Å². The van der Waals surface area contributed by atoms with Crippen molar-refractivity contribution in [3.05, 3.63) is 63.7 Å². The second kappa shape index (κ2) is 5.77. The number of aryl methyl sites for hydroxylation is 1. The van der Waals surface area contributed by atoms with Crippen LogP contribution < -0.4 is 10.6 Å². The maximum atomic E-state index is 14.2. The maximum Gasteiger partial charge on any atom is 0.237 e. The van der Waals surface area contributed by atoms with Crippen LogP contribution in [0, 0.1) is 18.6 Å². The molecule has 1 fully saturated rings. The van der Waals surface area contributed by atoms with Crippen LogP contribution in [-0.4, -0.2) is 11.8 Å². The molecule has 4 nitrogen and oxygen atoms in total. The minimum Gasteiger partial charge on any atom is -0.348 e. The Morgan fingerprint density at radius 2 is 1.96 bits per heavy atom. The molecule has 0 saturated carbocycles. The number of halogens is 3. The summed E-state index contributed by atoms with van der Waals surface area (Å²) in [6.07, 6.45) is 0.307. The summed E-state index contributed by atoms with van der Waals surface area (Å²) in [6.45, 7) is 1.78. The fourth-order valence-electron chi connectivity index (χ4n) is 3.99. The minimum atomic E-state index is -1.22. The maximum absolute atomic E-state index is 14.2. The fraction of sp³-hybridized carbons (Fsp3) is 0.263. The normalized spacial score (nSPS) is 24.4. The van der Waals surface area contributed by atoms with Gasteiger partial charge in [-0.25, -0.2) is 8.78 Å². The third kappa shape index (κ3) is 2.32. The molecule has 0 aromatic heterocycles. The van der Waals surface area contributed by atoms with Crippen molar-refractivity contribution in [3.8, 4) is 0 Å².